The van der Waals surface area contributed by atoms with Gasteiger partial charge in [0.05, 0.1) is 6.17 Å². The molecule has 2 fully saturated rings. The van der Waals surface area contributed by atoms with Gasteiger partial charge in [0.2, 0.25) is 5.91 Å². The van der Waals surface area contributed by atoms with E-state index in [1.165, 1.54) is 17.9 Å². The Morgan fingerprint density at radius 3 is 2.84 bits per heavy atom. The third-order valence-electron chi connectivity index (χ3n) is 4.02. The zero-order valence-corrected chi connectivity index (χ0v) is 12.0. The minimum absolute atomic E-state index is 0.142. The summed E-state index contributed by atoms with van der Waals surface area (Å²) in [7, 11) is 0. The molecule has 0 saturated carbocycles. The highest BCUT2D eigenvalue weighted by Gasteiger charge is 2.38. The van der Waals surface area contributed by atoms with E-state index in [9.17, 15) is 4.79 Å². The molecule has 3 atom stereocenters. The molecule has 102 valence electrons. The van der Waals surface area contributed by atoms with Gasteiger partial charge in [0.15, 0.2) is 0 Å². The number of benzene rings is 1. The van der Waals surface area contributed by atoms with Gasteiger partial charge in [-0.1, -0.05) is 30.3 Å². The number of hydrogen-bond donors (Lipinski definition) is 1. The molecule has 1 amide bonds. The van der Waals surface area contributed by atoms with Gasteiger partial charge in [-0.3, -0.25) is 10.1 Å². The zero-order chi connectivity index (χ0) is 13.2. The van der Waals surface area contributed by atoms with E-state index >= 15 is 0 Å². The van der Waals surface area contributed by atoms with Gasteiger partial charge in [-0.25, -0.2) is 0 Å². The summed E-state index contributed by atoms with van der Waals surface area (Å²) in [6.07, 6.45) is 1.39. The van der Waals surface area contributed by atoms with E-state index in [4.69, 9.17) is 0 Å². The third-order valence-corrected chi connectivity index (χ3v) is 5.25. The summed E-state index contributed by atoms with van der Waals surface area (Å²) >= 11 is 2.01. The van der Waals surface area contributed by atoms with Crippen molar-refractivity contribution in [1.29, 1.82) is 0 Å². The highest BCUT2D eigenvalue weighted by atomic mass is 32.2. The molecule has 0 spiro atoms. The molecule has 1 aromatic rings. The van der Waals surface area contributed by atoms with Crippen LogP contribution in [-0.2, 0) is 4.79 Å². The fourth-order valence-electron chi connectivity index (χ4n) is 2.90. The number of carbonyl (C=O) groups excluding carboxylic acids is 1. The first kappa shape index (κ1) is 13.0. The fraction of sp³-hybridized carbons (Fsp3) is 0.533. The van der Waals surface area contributed by atoms with E-state index < -0.39 is 0 Å². The summed E-state index contributed by atoms with van der Waals surface area (Å²) in [5, 5.41) is 3.41. The first-order valence-corrected chi connectivity index (χ1v) is 8.10. The SMILES string of the molecule is CC1NC(c2ccccc2)C(=O)N1CC1CCSC1. The van der Waals surface area contributed by atoms with E-state index in [-0.39, 0.29) is 18.1 Å². The molecule has 3 unspecified atom stereocenters. The lowest BCUT2D eigenvalue weighted by atomic mass is 10.1. The first-order chi connectivity index (χ1) is 9.25. The summed E-state index contributed by atoms with van der Waals surface area (Å²) in [5.41, 5.74) is 1.07. The van der Waals surface area contributed by atoms with Gasteiger partial charge in [0.1, 0.15) is 6.04 Å². The van der Waals surface area contributed by atoms with Crippen LogP contribution in [0, 0.1) is 5.92 Å². The minimum Gasteiger partial charge on any atom is -0.325 e. The summed E-state index contributed by atoms with van der Waals surface area (Å²) in [6.45, 7) is 2.99. The van der Waals surface area contributed by atoms with Gasteiger partial charge >= 0.3 is 0 Å². The average Bonchev–Trinajstić information content (AvgIpc) is 3.03. The molecule has 0 aliphatic carbocycles. The van der Waals surface area contributed by atoms with Crippen molar-refractivity contribution in [2.24, 2.45) is 5.92 Å². The molecule has 1 N–H and O–H groups in total. The molecule has 19 heavy (non-hydrogen) atoms. The number of carbonyl (C=O) groups is 1. The Labute approximate surface area is 118 Å². The molecule has 2 heterocycles. The number of amides is 1. The van der Waals surface area contributed by atoms with E-state index in [1.54, 1.807) is 0 Å². The second-order valence-corrected chi connectivity index (χ2v) is 6.56. The molecule has 1 aromatic carbocycles. The first-order valence-electron chi connectivity index (χ1n) is 6.95. The van der Waals surface area contributed by atoms with Gasteiger partial charge in [-0.05, 0) is 36.3 Å². The number of hydrogen-bond acceptors (Lipinski definition) is 3. The Bertz CT molecular complexity index is 445. The lowest BCUT2D eigenvalue weighted by molar-refractivity contribution is -0.130. The van der Waals surface area contributed by atoms with E-state index in [2.05, 4.69) is 12.2 Å². The molecule has 2 saturated heterocycles. The molecule has 4 heteroatoms. The van der Waals surface area contributed by atoms with Crippen LogP contribution >= 0.6 is 11.8 Å². The minimum atomic E-state index is -0.162. The molecule has 0 radical (unpaired) electrons. The summed E-state index contributed by atoms with van der Waals surface area (Å²) in [6, 6.07) is 9.86. The van der Waals surface area contributed by atoms with Crippen LogP contribution < -0.4 is 5.32 Å². The van der Waals surface area contributed by atoms with Gasteiger partial charge in [-0.15, -0.1) is 0 Å². The number of nitrogens with one attached hydrogen (secondary N) is 1. The van der Waals surface area contributed by atoms with Crippen molar-refractivity contribution < 1.29 is 4.79 Å². The van der Waals surface area contributed by atoms with Crippen LogP contribution in [0.3, 0.4) is 0 Å². The highest BCUT2D eigenvalue weighted by molar-refractivity contribution is 7.99. The van der Waals surface area contributed by atoms with Crippen molar-refractivity contribution in [3.05, 3.63) is 35.9 Å². The van der Waals surface area contributed by atoms with Crippen molar-refractivity contribution in [1.82, 2.24) is 10.2 Å². The predicted molar refractivity (Wildman–Crippen MR) is 78.9 cm³/mol. The van der Waals surface area contributed by atoms with Crippen molar-refractivity contribution in [2.45, 2.75) is 25.6 Å². The Morgan fingerprint density at radius 1 is 1.37 bits per heavy atom. The molecule has 2 aliphatic rings. The normalized spacial score (nSPS) is 31.1. The van der Waals surface area contributed by atoms with Crippen LogP contribution in [0.2, 0.25) is 0 Å². The maximum absolute atomic E-state index is 12.6. The molecule has 0 aromatic heterocycles. The molecular weight excluding hydrogens is 256 g/mol. The van der Waals surface area contributed by atoms with Crippen LogP contribution in [0.5, 0.6) is 0 Å². The Kier molecular flexibility index (Phi) is 3.80. The van der Waals surface area contributed by atoms with Crippen LogP contribution in [0.1, 0.15) is 24.9 Å². The monoisotopic (exact) mass is 276 g/mol. The predicted octanol–water partition coefficient (Wildman–Crippen LogP) is 2.26. The molecule has 0 bridgehead atoms. The van der Waals surface area contributed by atoms with Crippen molar-refractivity contribution in [2.75, 3.05) is 18.1 Å². The Hall–Kier alpha value is -1.00. The number of rotatable bonds is 3. The van der Waals surface area contributed by atoms with E-state index in [0.29, 0.717) is 5.92 Å². The second-order valence-electron chi connectivity index (χ2n) is 5.41. The topological polar surface area (TPSA) is 32.3 Å². The summed E-state index contributed by atoms with van der Waals surface area (Å²) in [5.74, 6) is 3.35. The third kappa shape index (κ3) is 2.65. The molecule has 2 aliphatic heterocycles. The van der Waals surface area contributed by atoms with Crippen molar-refractivity contribution in [3.63, 3.8) is 0 Å². The smallest absolute Gasteiger partial charge is 0.245 e. The van der Waals surface area contributed by atoms with Crippen LogP contribution in [0.25, 0.3) is 0 Å². The summed E-state index contributed by atoms with van der Waals surface area (Å²) < 4.78 is 0. The summed E-state index contributed by atoms with van der Waals surface area (Å²) in [4.78, 5) is 14.6. The highest BCUT2D eigenvalue weighted by Crippen LogP contribution is 2.29. The second kappa shape index (κ2) is 5.55. The Balaban J connectivity index is 1.71. The molecule has 3 nitrogen and oxygen atoms in total. The fourth-order valence-corrected chi connectivity index (χ4v) is 4.17. The maximum Gasteiger partial charge on any atom is 0.245 e. The van der Waals surface area contributed by atoms with Gasteiger partial charge in [-0.2, -0.15) is 11.8 Å². The largest absolute Gasteiger partial charge is 0.325 e. The Morgan fingerprint density at radius 2 is 2.16 bits per heavy atom. The van der Waals surface area contributed by atoms with E-state index in [1.807, 2.05) is 47.0 Å². The van der Waals surface area contributed by atoms with E-state index in [0.717, 1.165) is 12.1 Å². The van der Waals surface area contributed by atoms with Crippen molar-refractivity contribution >= 4 is 17.7 Å². The van der Waals surface area contributed by atoms with Gasteiger partial charge in [0.25, 0.3) is 0 Å². The van der Waals surface area contributed by atoms with Gasteiger partial charge in [0, 0.05) is 6.54 Å². The number of thioether (sulfide) groups is 1. The maximum atomic E-state index is 12.6. The average molecular weight is 276 g/mol. The van der Waals surface area contributed by atoms with Crippen LogP contribution in [0.15, 0.2) is 30.3 Å². The quantitative estimate of drug-likeness (QED) is 0.919. The van der Waals surface area contributed by atoms with Crippen LogP contribution in [-0.4, -0.2) is 35.0 Å². The lowest BCUT2D eigenvalue weighted by Gasteiger charge is -2.23. The molecule has 3 rings (SSSR count). The van der Waals surface area contributed by atoms with Gasteiger partial charge < -0.3 is 4.90 Å². The van der Waals surface area contributed by atoms with Crippen molar-refractivity contribution in [3.8, 4) is 0 Å². The number of nitrogens with zero attached hydrogens (tertiary/aromatic N) is 1. The standard InChI is InChI=1S/C15H20N2OS/c1-11-16-14(13-5-3-2-4-6-13)15(18)17(11)9-12-7-8-19-10-12/h2-6,11-12,14,16H,7-10H2,1H3. The zero-order valence-electron chi connectivity index (χ0n) is 11.2. The lowest BCUT2D eigenvalue weighted by Crippen LogP contribution is -2.38. The van der Waals surface area contributed by atoms with Crippen LogP contribution in [0.4, 0.5) is 0 Å². The molecular formula is C15H20N2OS.